The Morgan fingerprint density at radius 3 is 1.88 bits per heavy atom. The van der Waals surface area contributed by atoms with Gasteiger partial charge in [-0.25, -0.2) is 0 Å². The third kappa shape index (κ3) is 16.3. The van der Waals surface area contributed by atoms with Crippen LogP contribution in [0.5, 0.6) is 11.5 Å². The number of hydrogen-bond donors (Lipinski definition) is 4. The lowest BCUT2D eigenvalue weighted by atomic mass is 10.2. The molecule has 0 aromatic heterocycles. The monoisotopic (exact) mass is 581 g/mol. The van der Waals surface area contributed by atoms with Crippen molar-refractivity contribution in [1.82, 2.24) is 20.9 Å². The minimum Gasteiger partial charge on any atom is -0.487 e. The van der Waals surface area contributed by atoms with Crippen molar-refractivity contribution in [2.24, 2.45) is 0 Å². The smallest absolute Gasteiger partial charge is 0.225 e. The first-order valence-corrected chi connectivity index (χ1v) is 15.2. The van der Waals surface area contributed by atoms with Crippen molar-refractivity contribution in [2.75, 3.05) is 130 Å². The molecule has 1 saturated heterocycles. The normalized spacial score (nSPS) is 21.1. The van der Waals surface area contributed by atoms with E-state index in [1.165, 1.54) is 0 Å². The van der Waals surface area contributed by atoms with E-state index in [1.807, 2.05) is 12.1 Å². The highest BCUT2D eigenvalue weighted by molar-refractivity contribution is 5.91. The predicted molar refractivity (Wildman–Crippen MR) is 158 cm³/mol. The maximum Gasteiger partial charge on any atom is 0.225 e. The number of nitrogens with one attached hydrogen (secondary N) is 4. The van der Waals surface area contributed by atoms with Gasteiger partial charge < -0.3 is 54.6 Å². The van der Waals surface area contributed by atoms with E-state index in [1.54, 1.807) is 6.07 Å². The Hall–Kier alpha value is -2.03. The predicted octanol–water partition coefficient (Wildman–Crippen LogP) is 0.717. The summed E-state index contributed by atoms with van der Waals surface area (Å²) >= 11 is 0. The molecule has 2 heterocycles. The number of nitrogens with zero attached hydrogens (tertiary/aromatic N) is 1. The van der Waals surface area contributed by atoms with Gasteiger partial charge in [-0.2, -0.15) is 0 Å². The molecule has 1 fully saturated rings. The molecule has 41 heavy (non-hydrogen) atoms. The third-order valence-corrected chi connectivity index (χ3v) is 6.59. The van der Waals surface area contributed by atoms with E-state index in [2.05, 4.69) is 26.2 Å². The zero-order valence-electron chi connectivity index (χ0n) is 24.6. The van der Waals surface area contributed by atoms with E-state index in [4.69, 9.17) is 28.4 Å². The lowest BCUT2D eigenvalue weighted by Gasteiger charge is -2.23. The van der Waals surface area contributed by atoms with Crippen molar-refractivity contribution in [3.63, 3.8) is 0 Å². The van der Waals surface area contributed by atoms with Crippen LogP contribution in [0.1, 0.15) is 19.3 Å². The molecule has 2 aliphatic heterocycles. The van der Waals surface area contributed by atoms with Gasteiger partial charge in [0.1, 0.15) is 13.2 Å². The van der Waals surface area contributed by atoms with Gasteiger partial charge >= 0.3 is 0 Å². The largest absolute Gasteiger partial charge is 0.487 e. The minimum atomic E-state index is -0.0263. The second kappa shape index (κ2) is 22.6. The summed E-state index contributed by atoms with van der Waals surface area (Å²) < 4.78 is 34.0. The number of benzene rings is 1. The molecule has 1 amide bonds. The van der Waals surface area contributed by atoms with Crippen LogP contribution in [-0.4, -0.2) is 136 Å². The highest BCUT2D eigenvalue weighted by Crippen LogP contribution is 2.30. The first-order chi connectivity index (χ1) is 20.3. The molecule has 12 nitrogen and oxygen atoms in total. The van der Waals surface area contributed by atoms with Gasteiger partial charge in [0.05, 0.1) is 52.9 Å². The van der Waals surface area contributed by atoms with E-state index >= 15 is 0 Å². The average molecular weight is 582 g/mol. The molecule has 0 spiro atoms. The van der Waals surface area contributed by atoms with E-state index in [9.17, 15) is 4.79 Å². The Balaban J connectivity index is 1.48. The zero-order valence-corrected chi connectivity index (χ0v) is 24.6. The molecule has 0 saturated carbocycles. The summed E-state index contributed by atoms with van der Waals surface area (Å²) in [5.74, 6) is 1.12. The van der Waals surface area contributed by atoms with Crippen LogP contribution in [0.25, 0.3) is 0 Å². The van der Waals surface area contributed by atoms with E-state index in [0.29, 0.717) is 96.2 Å². The second-order valence-corrected chi connectivity index (χ2v) is 9.90. The average Bonchev–Trinajstić information content (AvgIpc) is 2.97. The number of amides is 1. The lowest BCUT2D eigenvalue weighted by molar-refractivity contribution is -0.116. The van der Waals surface area contributed by atoms with Gasteiger partial charge in [-0.3, -0.25) is 4.79 Å². The summed E-state index contributed by atoms with van der Waals surface area (Å²) in [5.41, 5.74) is 0.669. The van der Waals surface area contributed by atoms with Crippen molar-refractivity contribution < 1.29 is 33.2 Å². The zero-order chi connectivity index (χ0) is 28.6. The first-order valence-electron chi connectivity index (χ1n) is 15.2. The molecule has 0 bridgehead atoms. The van der Waals surface area contributed by atoms with Crippen LogP contribution in [0.2, 0.25) is 0 Å². The number of hydrogen-bond acceptors (Lipinski definition) is 11. The number of carbonyl (C=O) groups is 1. The Morgan fingerprint density at radius 2 is 1.22 bits per heavy atom. The molecule has 3 rings (SSSR count). The number of anilines is 1. The van der Waals surface area contributed by atoms with Crippen molar-refractivity contribution in [1.29, 1.82) is 0 Å². The summed E-state index contributed by atoms with van der Waals surface area (Å²) in [6, 6.07) is 5.45. The molecule has 0 atom stereocenters. The first kappa shape index (κ1) is 33.5. The molecule has 1 aromatic rings. The molecular weight excluding hydrogens is 530 g/mol. The molecule has 12 heteroatoms. The van der Waals surface area contributed by atoms with Crippen molar-refractivity contribution >= 4 is 11.6 Å². The molecule has 0 aliphatic carbocycles. The van der Waals surface area contributed by atoms with E-state index in [0.717, 1.165) is 65.2 Å². The van der Waals surface area contributed by atoms with Gasteiger partial charge in [0, 0.05) is 50.9 Å². The van der Waals surface area contributed by atoms with Crippen molar-refractivity contribution in [3.05, 3.63) is 18.2 Å². The topological polar surface area (TPSA) is 124 Å². The van der Waals surface area contributed by atoms with Gasteiger partial charge in [-0.1, -0.05) is 0 Å². The van der Waals surface area contributed by atoms with Crippen molar-refractivity contribution in [3.8, 4) is 11.5 Å². The highest BCUT2D eigenvalue weighted by atomic mass is 16.6. The quantitative estimate of drug-likeness (QED) is 0.402. The molecule has 0 unspecified atom stereocenters. The number of ether oxygens (including phenoxy) is 6. The van der Waals surface area contributed by atoms with Crippen LogP contribution >= 0.6 is 0 Å². The Morgan fingerprint density at radius 1 is 0.659 bits per heavy atom. The Bertz CT molecular complexity index is 806. The SMILES string of the molecule is O=C(CCN1CCCNCCNCCCNCC1)Nc1ccc2c(c1)OCCOCCOCCOCCOCCO2. The fourth-order valence-corrected chi connectivity index (χ4v) is 4.37. The van der Waals surface area contributed by atoms with Crippen LogP contribution < -0.4 is 30.7 Å². The van der Waals surface area contributed by atoms with Crippen LogP contribution in [0.4, 0.5) is 5.69 Å². The molecule has 2 aliphatic rings. The summed E-state index contributed by atoms with van der Waals surface area (Å²) in [5, 5.41) is 13.5. The van der Waals surface area contributed by atoms with Gasteiger partial charge in [0.15, 0.2) is 11.5 Å². The molecule has 234 valence electrons. The minimum absolute atomic E-state index is 0.0263. The van der Waals surface area contributed by atoms with Crippen LogP contribution in [0, 0.1) is 0 Å². The number of carbonyl (C=O) groups excluding carboxylic acids is 1. The fraction of sp³-hybridized carbons (Fsp3) is 0.759. The Labute approximate surface area is 245 Å². The van der Waals surface area contributed by atoms with Crippen molar-refractivity contribution in [2.45, 2.75) is 19.3 Å². The fourth-order valence-electron chi connectivity index (χ4n) is 4.37. The number of fused-ring (bicyclic) bond motifs is 1. The van der Waals surface area contributed by atoms with E-state index < -0.39 is 0 Å². The molecular formula is C29H51N5O7. The summed E-state index contributed by atoms with van der Waals surface area (Å²) in [6.45, 7) is 13.1. The van der Waals surface area contributed by atoms with Crippen LogP contribution in [-0.2, 0) is 23.7 Å². The molecule has 0 radical (unpaired) electrons. The third-order valence-electron chi connectivity index (χ3n) is 6.59. The van der Waals surface area contributed by atoms with Gasteiger partial charge in [-0.15, -0.1) is 0 Å². The van der Waals surface area contributed by atoms with Gasteiger partial charge in [-0.05, 0) is 51.2 Å². The second-order valence-electron chi connectivity index (χ2n) is 9.90. The highest BCUT2D eigenvalue weighted by Gasteiger charge is 2.12. The maximum atomic E-state index is 12.9. The van der Waals surface area contributed by atoms with Gasteiger partial charge in [0.25, 0.3) is 0 Å². The Kier molecular flexibility index (Phi) is 18.4. The standard InChI is InChI=1S/C29H51N5O7/c35-29(5-13-34-12-2-8-31-10-9-30-6-1-7-32-11-14-34)33-26-3-4-27-28(25-26)41-24-22-39-20-18-37-16-15-36-17-19-38-21-23-40-27/h3-4,25,30-32H,1-2,5-24H2,(H,33,35). The summed E-state index contributed by atoms with van der Waals surface area (Å²) in [7, 11) is 0. The van der Waals surface area contributed by atoms with E-state index in [-0.39, 0.29) is 5.91 Å². The molecule has 4 N–H and O–H groups in total. The number of rotatable bonds is 4. The van der Waals surface area contributed by atoms with Crippen LogP contribution in [0.3, 0.4) is 0 Å². The summed E-state index contributed by atoms with van der Waals surface area (Å²) in [4.78, 5) is 15.2. The van der Waals surface area contributed by atoms with Crippen LogP contribution in [0.15, 0.2) is 18.2 Å². The molecule has 1 aromatic carbocycles. The summed E-state index contributed by atoms with van der Waals surface area (Å²) in [6.07, 6.45) is 2.59. The van der Waals surface area contributed by atoms with Gasteiger partial charge in [0.2, 0.25) is 5.91 Å². The maximum absolute atomic E-state index is 12.9. The lowest BCUT2D eigenvalue weighted by Crippen LogP contribution is -2.38.